The molecule has 0 aliphatic rings. The molecule has 3 heteroatoms. The van der Waals surface area contributed by atoms with Crippen LogP contribution in [-0.4, -0.2) is 9.57 Å². The molecule has 2 aromatic carbocycles. The minimum absolute atomic E-state index is 0.222. The summed E-state index contributed by atoms with van der Waals surface area (Å²) in [6, 6.07) is 20.0. The molecule has 0 bridgehead atoms. The average Bonchev–Trinajstić information content (AvgIpc) is 2.99. The molecule has 0 aliphatic carbocycles. The van der Waals surface area contributed by atoms with E-state index in [0.717, 1.165) is 0 Å². The Bertz CT molecular complexity index is 326. The first-order valence-electron chi connectivity index (χ1n) is 4.10. The summed E-state index contributed by atoms with van der Waals surface area (Å²) in [5, 5.41) is 0. The van der Waals surface area contributed by atoms with Crippen molar-refractivity contribution in [1.82, 2.24) is 0 Å². The van der Waals surface area contributed by atoms with Crippen molar-refractivity contribution in [2.45, 2.75) is 0 Å². The summed E-state index contributed by atoms with van der Waals surface area (Å²) in [5.41, 5.74) is 0. The molecular weight excluding hydrogens is 232 g/mol. The van der Waals surface area contributed by atoms with Gasteiger partial charge in [-0.2, -0.15) is 36.4 Å². The van der Waals surface area contributed by atoms with Crippen LogP contribution in [0.2, 0.25) is 0 Å². The molecule has 2 nitrogen and oxygen atoms in total. The average molecular weight is 242 g/mol. The van der Waals surface area contributed by atoms with Crippen LogP contribution in [-0.2, 0) is 23.7 Å². The van der Waals surface area contributed by atoms with Gasteiger partial charge in [0, 0.05) is 0 Å². The second-order valence-electron chi connectivity index (χ2n) is 2.16. The molecule has 0 aromatic heterocycles. The summed E-state index contributed by atoms with van der Waals surface area (Å²) in [7, 11) is 0. The van der Waals surface area contributed by atoms with E-state index in [9.17, 15) is 0 Å². The van der Waals surface area contributed by atoms with E-state index in [2.05, 4.69) is 0 Å². The molecule has 0 amide bonds. The topological polar surface area (TPSA) is 34.1 Å². The Morgan fingerprint density at radius 3 is 1.13 bits per heavy atom. The van der Waals surface area contributed by atoms with E-state index < -0.39 is 0 Å². The molecule has 0 heterocycles. The van der Waals surface area contributed by atoms with Crippen molar-refractivity contribution in [3.05, 3.63) is 60.7 Å². The van der Waals surface area contributed by atoms with E-state index in [4.69, 9.17) is 9.59 Å². The summed E-state index contributed by atoms with van der Waals surface area (Å²) >= 11 is -0.222. The van der Waals surface area contributed by atoms with Gasteiger partial charge in [0.1, 0.15) is 0 Å². The zero-order valence-corrected chi connectivity index (χ0v) is 9.05. The first-order valence-corrected chi connectivity index (χ1v) is 5.20. The van der Waals surface area contributed by atoms with E-state index in [-0.39, 0.29) is 14.1 Å². The molecule has 0 saturated carbocycles. The van der Waals surface area contributed by atoms with Gasteiger partial charge in [0.25, 0.3) is 0 Å². The zero-order valence-electron chi connectivity index (χ0n) is 7.94. The molecule has 0 N–H and O–H groups in total. The van der Waals surface area contributed by atoms with Crippen LogP contribution < -0.4 is 0 Å². The van der Waals surface area contributed by atoms with Crippen LogP contribution in [0.3, 0.4) is 0 Å². The first kappa shape index (κ1) is 13.4. The van der Waals surface area contributed by atoms with Crippen molar-refractivity contribution >= 4 is 9.57 Å². The number of carbonyl (C=O) groups excluding carboxylic acids is 2. The SMILES string of the molecule is O=[C]=[Fe]=[C]=O.c1cc[cH-]c1.c1cc[cH-]c1. The van der Waals surface area contributed by atoms with Gasteiger partial charge in [-0.25, -0.2) is 24.3 Å². The van der Waals surface area contributed by atoms with Gasteiger partial charge in [0.2, 0.25) is 0 Å². The fourth-order valence-corrected chi connectivity index (χ4v) is 0.702. The first-order chi connectivity index (χ1) is 7.41. The zero-order chi connectivity index (χ0) is 11.2. The van der Waals surface area contributed by atoms with Crippen LogP contribution >= 0.6 is 0 Å². The normalized spacial score (nSPS) is 6.93. The number of rotatable bonds is 0. The van der Waals surface area contributed by atoms with Gasteiger partial charge in [0.05, 0.1) is 0 Å². The Morgan fingerprint density at radius 2 is 1.07 bits per heavy atom. The second-order valence-corrected chi connectivity index (χ2v) is 2.88. The van der Waals surface area contributed by atoms with E-state index in [0.29, 0.717) is 0 Å². The van der Waals surface area contributed by atoms with Crippen LogP contribution in [0.5, 0.6) is 0 Å². The molecule has 0 saturated heterocycles. The van der Waals surface area contributed by atoms with Gasteiger partial charge in [-0.15, -0.1) is 0 Å². The van der Waals surface area contributed by atoms with Crippen molar-refractivity contribution in [3.63, 3.8) is 0 Å². The summed E-state index contributed by atoms with van der Waals surface area (Å²) in [6.45, 7) is 0. The molecule has 0 fully saturated rings. The Kier molecular flexibility index (Phi) is 11.0. The van der Waals surface area contributed by atoms with E-state index in [1.807, 2.05) is 60.7 Å². The van der Waals surface area contributed by atoms with E-state index in [1.165, 1.54) is 9.57 Å². The third-order valence-corrected chi connectivity index (χ3v) is 1.41. The molecular formula is C12H10FeO2-2. The van der Waals surface area contributed by atoms with Gasteiger partial charge < -0.3 is 0 Å². The van der Waals surface area contributed by atoms with Crippen LogP contribution in [0.4, 0.5) is 0 Å². The Balaban J connectivity index is 0.000000196. The number of hydrogen-bond donors (Lipinski definition) is 0. The molecule has 2 rings (SSSR count). The van der Waals surface area contributed by atoms with Crippen molar-refractivity contribution in [1.29, 1.82) is 0 Å². The maximum atomic E-state index is 9.02. The molecule has 15 heavy (non-hydrogen) atoms. The largest absolute Gasteiger partial charge is 0.214 e. The summed E-state index contributed by atoms with van der Waals surface area (Å²) in [6.07, 6.45) is 0. The van der Waals surface area contributed by atoms with Crippen molar-refractivity contribution in [3.8, 4) is 0 Å². The van der Waals surface area contributed by atoms with Gasteiger partial charge in [-0.3, -0.25) is 0 Å². The molecule has 0 radical (unpaired) electrons. The van der Waals surface area contributed by atoms with Crippen LogP contribution in [0.25, 0.3) is 0 Å². The molecule has 0 spiro atoms. The van der Waals surface area contributed by atoms with Crippen LogP contribution in [0, 0.1) is 0 Å². The summed E-state index contributed by atoms with van der Waals surface area (Å²) < 4.78 is 0. The van der Waals surface area contributed by atoms with Crippen molar-refractivity contribution in [2.24, 2.45) is 0 Å². The van der Waals surface area contributed by atoms with Crippen molar-refractivity contribution < 1.29 is 23.7 Å². The Labute approximate surface area is 94.1 Å². The van der Waals surface area contributed by atoms with Crippen LogP contribution in [0.1, 0.15) is 0 Å². The molecule has 80 valence electrons. The maximum Gasteiger partial charge on any atom is -0.172 e. The van der Waals surface area contributed by atoms with Crippen molar-refractivity contribution in [2.75, 3.05) is 0 Å². The van der Waals surface area contributed by atoms with Gasteiger partial charge in [0.15, 0.2) is 0 Å². The Morgan fingerprint density at radius 1 is 0.733 bits per heavy atom. The molecule has 0 unspecified atom stereocenters. The third kappa shape index (κ3) is 12.4. The smallest absolute Gasteiger partial charge is 0.172 e. The fourth-order valence-electron chi connectivity index (χ4n) is 0.656. The number of hydrogen-bond acceptors (Lipinski definition) is 2. The predicted molar refractivity (Wildman–Crippen MR) is 55.5 cm³/mol. The second kappa shape index (κ2) is 12.4. The fraction of sp³-hybridized carbons (Fsp3) is 0. The van der Waals surface area contributed by atoms with E-state index in [1.54, 1.807) is 0 Å². The monoisotopic (exact) mass is 242 g/mol. The Hall–Kier alpha value is -1.62. The van der Waals surface area contributed by atoms with Gasteiger partial charge in [-0.1, -0.05) is 0 Å². The predicted octanol–water partition coefficient (Wildman–Crippen LogP) is 2.01. The minimum atomic E-state index is -0.222. The third-order valence-electron chi connectivity index (χ3n) is 1.18. The van der Waals surface area contributed by atoms with E-state index >= 15 is 0 Å². The summed E-state index contributed by atoms with van der Waals surface area (Å²) in [5.74, 6) is 0. The molecule has 0 atom stereocenters. The van der Waals surface area contributed by atoms with Crippen LogP contribution in [0.15, 0.2) is 60.7 Å². The quantitative estimate of drug-likeness (QED) is 0.523. The maximum absolute atomic E-state index is 9.02. The minimum Gasteiger partial charge on any atom is -0.214 e. The van der Waals surface area contributed by atoms with Gasteiger partial charge >= 0.3 is 33.2 Å². The molecule has 2 aromatic rings. The summed E-state index contributed by atoms with van der Waals surface area (Å²) in [4.78, 5) is 20.7. The van der Waals surface area contributed by atoms with Gasteiger partial charge in [-0.05, 0) is 0 Å². The molecule has 0 aliphatic heterocycles. The standard InChI is InChI=1S/2C5H5.2CO.Fe/c2*1-2-4-5-3-1;2*1-2;/h2*1-5H;;;/q2*-1;;;.